The molecule has 0 heterocycles. The lowest BCUT2D eigenvalue weighted by Gasteiger charge is -2.18. The minimum Gasteiger partial charge on any atom is -0.333 e. The number of carbonyl (C=O) groups excluding carboxylic acids is 1. The van der Waals surface area contributed by atoms with E-state index in [-0.39, 0.29) is 12.1 Å². The van der Waals surface area contributed by atoms with Crippen molar-refractivity contribution in [1.29, 1.82) is 0 Å². The van der Waals surface area contributed by atoms with Crippen LogP contribution in [-0.2, 0) is 0 Å². The summed E-state index contributed by atoms with van der Waals surface area (Å²) in [4.78, 5) is 12.4. The molecule has 1 fully saturated rings. The van der Waals surface area contributed by atoms with Crippen LogP contribution in [-0.4, -0.2) is 18.3 Å². The molecule has 1 aliphatic carbocycles. The molecule has 0 aliphatic heterocycles. The molecule has 0 aromatic heterocycles. The van der Waals surface area contributed by atoms with E-state index in [2.05, 4.69) is 10.4 Å². The third kappa shape index (κ3) is 4.24. The Labute approximate surface area is 144 Å². The van der Waals surface area contributed by atoms with E-state index in [1.165, 1.54) is 5.01 Å². The molecule has 0 atom stereocenters. The molecule has 2 aromatic carbocycles. The fraction of sp³-hybridized carbons (Fsp3) is 0.176. The lowest BCUT2D eigenvalue weighted by atomic mass is 10.2. The second kappa shape index (κ2) is 7.02. The molecule has 0 saturated heterocycles. The van der Waals surface area contributed by atoms with E-state index in [1.807, 2.05) is 30.3 Å². The summed E-state index contributed by atoms with van der Waals surface area (Å²) < 4.78 is 0. The van der Waals surface area contributed by atoms with E-state index in [1.54, 1.807) is 24.4 Å². The van der Waals surface area contributed by atoms with Crippen LogP contribution >= 0.6 is 23.2 Å². The van der Waals surface area contributed by atoms with Gasteiger partial charge >= 0.3 is 6.03 Å². The Morgan fingerprint density at radius 2 is 1.87 bits per heavy atom. The third-order valence-corrected chi connectivity index (χ3v) is 4.11. The smallest absolute Gasteiger partial charge is 0.333 e. The Kier molecular flexibility index (Phi) is 4.84. The largest absolute Gasteiger partial charge is 0.342 e. The Morgan fingerprint density at radius 1 is 1.13 bits per heavy atom. The van der Waals surface area contributed by atoms with Crippen LogP contribution in [0.5, 0.6) is 0 Å². The zero-order valence-corrected chi connectivity index (χ0v) is 13.8. The quantitative estimate of drug-likeness (QED) is 0.631. The van der Waals surface area contributed by atoms with Gasteiger partial charge in [0.2, 0.25) is 0 Å². The molecular formula is C17H15Cl2N3O. The van der Waals surface area contributed by atoms with Crippen LogP contribution < -0.4 is 10.3 Å². The van der Waals surface area contributed by atoms with Gasteiger partial charge in [0.05, 0.1) is 21.9 Å². The maximum absolute atomic E-state index is 12.4. The van der Waals surface area contributed by atoms with Crippen LogP contribution in [0.25, 0.3) is 0 Å². The summed E-state index contributed by atoms with van der Waals surface area (Å²) in [5.41, 5.74) is 1.46. The Morgan fingerprint density at radius 3 is 2.52 bits per heavy atom. The van der Waals surface area contributed by atoms with Crippen molar-refractivity contribution < 1.29 is 4.79 Å². The van der Waals surface area contributed by atoms with Crippen molar-refractivity contribution in [2.45, 2.75) is 18.9 Å². The van der Waals surface area contributed by atoms with E-state index < -0.39 is 0 Å². The lowest BCUT2D eigenvalue weighted by molar-refractivity contribution is 0.246. The van der Waals surface area contributed by atoms with Gasteiger partial charge in [-0.1, -0.05) is 53.5 Å². The molecular weight excluding hydrogens is 333 g/mol. The third-order valence-electron chi connectivity index (χ3n) is 3.37. The maximum Gasteiger partial charge on any atom is 0.342 e. The van der Waals surface area contributed by atoms with Gasteiger partial charge in [-0.15, -0.1) is 0 Å². The number of nitrogens with zero attached hydrogens (tertiary/aromatic N) is 2. The van der Waals surface area contributed by atoms with Crippen LogP contribution in [0.4, 0.5) is 10.5 Å². The number of rotatable bonds is 4. The summed E-state index contributed by atoms with van der Waals surface area (Å²) in [6.07, 6.45) is 3.64. The first-order valence-corrected chi connectivity index (χ1v) is 8.04. The highest BCUT2D eigenvalue weighted by molar-refractivity contribution is 6.42. The predicted octanol–water partition coefficient (Wildman–Crippen LogP) is 4.71. The van der Waals surface area contributed by atoms with Gasteiger partial charge in [0.25, 0.3) is 0 Å². The van der Waals surface area contributed by atoms with Crippen molar-refractivity contribution in [3.63, 3.8) is 0 Å². The monoisotopic (exact) mass is 347 g/mol. The summed E-state index contributed by atoms with van der Waals surface area (Å²) in [5, 5.41) is 9.34. The topological polar surface area (TPSA) is 44.7 Å². The predicted molar refractivity (Wildman–Crippen MR) is 94.5 cm³/mol. The van der Waals surface area contributed by atoms with Gasteiger partial charge in [0.15, 0.2) is 0 Å². The average molecular weight is 348 g/mol. The second-order valence-corrected chi connectivity index (χ2v) is 6.10. The van der Waals surface area contributed by atoms with Crippen molar-refractivity contribution >= 4 is 41.1 Å². The molecule has 3 rings (SSSR count). The van der Waals surface area contributed by atoms with Gasteiger partial charge in [-0.2, -0.15) is 10.1 Å². The first-order valence-electron chi connectivity index (χ1n) is 7.28. The lowest BCUT2D eigenvalue weighted by Crippen LogP contribution is -2.38. The fourth-order valence-corrected chi connectivity index (χ4v) is 2.27. The minimum atomic E-state index is -0.280. The average Bonchev–Trinajstić information content (AvgIpc) is 3.36. The number of urea groups is 1. The first kappa shape index (κ1) is 15.8. The summed E-state index contributed by atoms with van der Waals surface area (Å²) >= 11 is 12.0. The maximum atomic E-state index is 12.4. The number of hydrazone groups is 1. The van der Waals surface area contributed by atoms with Gasteiger partial charge in [-0.05, 0) is 36.6 Å². The van der Waals surface area contributed by atoms with Crippen molar-refractivity contribution in [2.75, 3.05) is 5.01 Å². The van der Waals surface area contributed by atoms with Gasteiger partial charge in [0.1, 0.15) is 0 Å². The van der Waals surface area contributed by atoms with E-state index in [4.69, 9.17) is 23.2 Å². The standard InChI is InChI=1S/C17H15Cl2N3O/c18-15-9-8-14(10-16(15)19)22(17(23)21-13-6-7-13)20-11-12-4-2-1-3-5-12/h1-5,8-11,13H,6-7H2,(H,21,23)/b20-11+. The van der Waals surface area contributed by atoms with Crippen molar-refractivity contribution in [3.05, 3.63) is 64.1 Å². The minimum absolute atomic E-state index is 0.236. The van der Waals surface area contributed by atoms with Gasteiger partial charge in [-0.3, -0.25) is 0 Å². The van der Waals surface area contributed by atoms with Crippen LogP contribution in [0.3, 0.4) is 0 Å². The zero-order chi connectivity index (χ0) is 16.2. The normalized spacial score (nSPS) is 14.0. The second-order valence-electron chi connectivity index (χ2n) is 5.29. The molecule has 2 amide bonds. The summed E-state index contributed by atoms with van der Waals surface area (Å²) in [7, 11) is 0. The number of hydrogen-bond donors (Lipinski definition) is 1. The number of halogens is 2. The molecule has 118 valence electrons. The fourth-order valence-electron chi connectivity index (χ4n) is 1.98. The summed E-state index contributed by atoms with van der Waals surface area (Å²) in [6.45, 7) is 0. The molecule has 1 aliphatic rings. The SMILES string of the molecule is O=C(NC1CC1)N(/N=C/c1ccccc1)c1ccc(Cl)c(Cl)c1. The molecule has 2 aromatic rings. The molecule has 0 bridgehead atoms. The molecule has 0 unspecified atom stereocenters. The molecule has 6 heteroatoms. The Bertz CT molecular complexity index is 730. The Balaban J connectivity index is 1.87. The number of carbonyl (C=O) groups is 1. The zero-order valence-electron chi connectivity index (χ0n) is 12.2. The van der Waals surface area contributed by atoms with E-state index in [0.717, 1.165) is 18.4 Å². The number of amides is 2. The van der Waals surface area contributed by atoms with Crippen LogP contribution in [0.1, 0.15) is 18.4 Å². The molecule has 1 saturated carbocycles. The molecule has 4 nitrogen and oxygen atoms in total. The number of nitrogens with one attached hydrogen (secondary N) is 1. The summed E-state index contributed by atoms with van der Waals surface area (Å²) in [6, 6.07) is 14.5. The van der Waals surface area contributed by atoms with Gasteiger partial charge in [-0.25, -0.2) is 4.79 Å². The van der Waals surface area contributed by atoms with Crippen molar-refractivity contribution in [1.82, 2.24) is 5.32 Å². The number of anilines is 1. The highest BCUT2D eigenvalue weighted by Crippen LogP contribution is 2.28. The summed E-state index contributed by atoms with van der Waals surface area (Å²) in [5.74, 6) is 0. The molecule has 0 spiro atoms. The number of benzene rings is 2. The number of hydrogen-bond acceptors (Lipinski definition) is 2. The molecule has 23 heavy (non-hydrogen) atoms. The van der Waals surface area contributed by atoms with E-state index >= 15 is 0 Å². The van der Waals surface area contributed by atoms with Crippen molar-refractivity contribution in [2.24, 2.45) is 5.10 Å². The van der Waals surface area contributed by atoms with Crippen molar-refractivity contribution in [3.8, 4) is 0 Å². The molecule has 0 radical (unpaired) electrons. The highest BCUT2D eigenvalue weighted by Gasteiger charge is 2.26. The van der Waals surface area contributed by atoms with Crippen LogP contribution in [0, 0.1) is 0 Å². The van der Waals surface area contributed by atoms with Gasteiger partial charge < -0.3 is 5.32 Å². The Hall–Kier alpha value is -2.04. The van der Waals surface area contributed by atoms with Gasteiger partial charge in [0, 0.05) is 6.04 Å². The van der Waals surface area contributed by atoms with E-state index in [0.29, 0.717) is 15.7 Å². The molecule has 1 N–H and O–H groups in total. The first-order chi connectivity index (χ1) is 11.1. The highest BCUT2D eigenvalue weighted by atomic mass is 35.5. The van der Waals surface area contributed by atoms with E-state index in [9.17, 15) is 4.79 Å². The van der Waals surface area contributed by atoms with Crippen LogP contribution in [0.15, 0.2) is 53.6 Å². The van der Waals surface area contributed by atoms with Crippen LogP contribution in [0.2, 0.25) is 10.0 Å².